The summed E-state index contributed by atoms with van der Waals surface area (Å²) in [6.45, 7) is 0.866. The third-order valence-corrected chi connectivity index (χ3v) is 4.67. The molecule has 2 atom stereocenters. The Bertz CT molecular complexity index is 460. The number of aromatic nitrogens is 2. The summed E-state index contributed by atoms with van der Waals surface area (Å²) < 4.78 is 1.60. The first kappa shape index (κ1) is 12.5. The van der Waals surface area contributed by atoms with Gasteiger partial charge in [-0.25, -0.2) is 0 Å². The monoisotopic (exact) mass is 262 g/mol. The number of likely N-dealkylation sites (tertiary alicyclic amines) is 1. The van der Waals surface area contributed by atoms with Crippen molar-refractivity contribution in [2.24, 2.45) is 13.0 Å². The minimum Gasteiger partial charge on any atom is -0.396 e. The summed E-state index contributed by atoms with van der Waals surface area (Å²) in [5, 5.41) is 4.08. The van der Waals surface area contributed by atoms with Crippen molar-refractivity contribution in [3.63, 3.8) is 0 Å². The van der Waals surface area contributed by atoms with Crippen molar-refractivity contribution in [3.8, 4) is 0 Å². The number of nitrogen functional groups attached to an aromatic ring is 1. The number of amides is 1. The largest absolute Gasteiger partial charge is 0.396 e. The molecule has 0 unspecified atom stereocenters. The molecule has 104 valence electrons. The van der Waals surface area contributed by atoms with E-state index in [1.165, 1.54) is 25.7 Å². The molecular weight excluding hydrogens is 240 g/mol. The van der Waals surface area contributed by atoms with E-state index >= 15 is 0 Å². The average molecular weight is 262 g/mol. The number of rotatable bonds is 1. The molecule has 1 saturated heterocycles. The predicted molar refractivity (Wildman–Crippen MR) is 73.6 cm³/mol. The van der Waals surface area contributed by atoms with E-state index in [9.17, 15) is 4.79 Å². The van der Waals surface area contributed by atoms with Crippen LogP contribution in [0.25, 0.3) is 0 Å². The fourth-order valence-electron chi connectivity index (χ4n) is 3.73. The van der Waals surface area contributed by atoms with Crippen LogP contribution in [0.5, 0.6) is 0 Å². The minimum atomic E-state index is 0.0640. The molecule has 1 amide bonds. The van der Waals surface area contributed by atoms with Crippen LogP contribution in [0.3, 0.4) is 0 Å². The van der Waals surface area contributed by atoms with Crippen molar-refractivity contribution in [3.05, 3.63) is 11.9 Å². The van der Waals surface area contributed by atoms with Crippen LogP contribution in [0.2, 0.25) is 0 Å². The van der Waals surface area contributed by atoms with Gasteiger partial charge in [-0.1, -0.05) is 12.8 Å². The lowest BCUT2D eigenvalue weighted by molar-refractivity contribution is 0.0382. The van der Waals surface area contributed by atoms with Gasteiger partial charge in [0.25, 0.3) is 5.91 Å². The zero-order valence-corrected chi connectivity index (χ0v) is 11.5. The van der Waals surface area contributed by atoms with Crippen molar-refractivity contribution in [1.82, 2.24) is 14.7 Å². The Morgan fingerprint density at radius 1 is 1.32 bits per heavy atom. The Morgan fingerprint density at radius 2 is 2.05 bits per heavy atom. The fraction of sp³-hybridized carbons (Fsp3) is 0.714. The predicted octanol–water partition coefficient (Wildman–Crippen LogP) is 1.80. The number of aryl methyl sites for hydroxylation is 1. The second-order valence-electron chi connectivity index (χ2n) is 5.82. The Hall–Kier alpha value is -1.52. The molecule has 5 nitrogen and oxygen atoms in total. The Kier molecular flexibility index (Phi) is 3.21. The highest BCUT2D eigenvalue weighted by Gasteiger charge is 2.37. The molecule has 2 N–H and O–H groups in total. The van der Waals surface area contributed by atoms with E-state index in [0.717, 1.165) is 19.4 Å². The van der Waals surface area contributed by atoms with Crippen LogP contribution in [-0.2, 0) is 7.05 Å². The van der Waals surface area contributed by atoms with Crippen molar-refractivity contribution in [1.29, 1.82) is 0 Å². The maximum absolute atomic E-state index is 12.7. The second kappa shape index (κ2) is 4.87. The minimum absolute atomic E-state index is 0.0640. The Balaban J connectivity index is 1.86. The van der Waals surface area contributed by atoms with Gasteiger partial charge in [-0.15, -0.1) is 0 Å². The molecule has 0 spiro atoms. The summed E-state index contributed by atoms with van der Waals surface area (Å²) in [7, 11) is 1.78. The number of nitrogens with zero attached hydrogens (tertiary/aromatic N) is 3. The first-order chi connectivity index (χ1) is 9.18. The van der Waals surface area contributed by atoms with Gasteiger partial charge in [-0.3, -0.25) is 9.48 Å². The van der Waals surface area contributed by atoms with E-state index in [1.54, 1.807) is 17.9 Å². The zero-order valence-electron chi connectivity index (χ0n) is 11.5. The third kappa shape index (κ3) is 2.11. The van der Waals surface area contributed by atoms with Gasteiger partial charge in [0.1, 0.15) is 5.69 Å². The molecule has 2 aliphatic rings. The summed E-state index contributed by atoms with van der Waals surface area (Å²) in [5.74, 6) is 0.759. The van der Waals surface area contributed by atoms with Crippen molar-refractivity contribution >= 4 is 11.6 Å². The molecule has 19 heavy (non-hydrogen) atoms. The number of piperidine rings is 1. The lowest BCUT2D eigenvalue weighted by Crippen LogP contribution is -2.50. The van der Waals surface area contributed by atoms with Crippen LogP contribution in [0.1, 0.15) is 49.0 Å². The van der Waals surface area contributed by atoms with Crippen molar-refractivity contribution in [2.45, 2.75) is 44.6 Å². The first-order valence-corrected chi connectivity index (χ1v) is 7.27. The Morgan fingerprint density at radius 3 is 2.79 bits per heavy atom. The maximum Gasteiger partial charge on any atom is 0.274 e. The molecule has 2 heterocycles. The number of hydrogen-bond donors (Lipinski definition) is 1. The number of anilines is 1. The SMILES string of the molecule is Cn1ncc(N)c1C(=O)N1CCC[C@H]2CCCC[C@H]21. The average Bonchev–Trinajstić information content (AvgIpc) is 2.77. The summed E-state index contributed by atoms with van der Waals surface area (Å²) in [6.07, 6.45) is 8.93. The molecule has 1 saturated carbocycles. The number of carbonyl (C=O) groups excluding carboxylic acids is 1. The molecule has 1 aliphatic heterocycles. The van der Waals surface area contributed by atoms with Gasteiger partial charge in [0.2, 0.25) is 0 Å². The maximum atomic E-state index is 12.7. The van der Waals surface area contributed by atoms with Gasteiger partial charge in [0.05, 0.1) is 11.9 Å². The summed E-state index contributed by atoms with van der Waals surface area (Å²) >= 11 is 0. The molecule has 0 aromatic carbocycles. The lowest BCUT2D eigenvalue weighted by atomic mass is 9.78. The molecule has 5 heteroatoms. The molecule has 0 radical (unpaired) electrons. The molecule has 0 bridgehead atoms. The summed E-state index contributed by atoms with van der Waals surface area (Å²) in [4.78, 5) is 14.8. The normalized spacial score (nSPS) is 27.1. The molecule has 1 aromatic heterocycles. The van der Waals surface area contributed by atoms with Gasteiger partial charge in [-0.05, 0) is 31.6 Å². The standard InChI is InChI=1S/C14H22N4O/c1-17-13(11(15)9-16-17)14(19)18-8-4-6-10-5-2-3-7-12(10)18/h9-10,12H,2-8,15H2,1H3/t10-,12-/m1/s1. The Labute approximate surface area is 113 Å². The van der Waals surface area contributed by atoms with Gasteiger partial charge in [0.15, 0.2) is 0 Å². The first-order valence-electron chi connectivity index (χ1n) is 7.27. The van der Waals surface area contributed by atoms with E-state index in [2.05, 4.69) is 10.00 Å². The molecule has 1 aromatic rings. The van der Waals surface area contributed by atoms with Gasteiger partial charge >= 0.3 is 0 Å². The van der Waals surface area contributed by atoms with Gasteiger partial charge < -0.3 is 10.6 Å². The topological polar surface area (TPSA) is 64.2 Å². The van der Waals surface area contributed by atoms with Crippen molar-refractivity contribution in [2.75, 3.05) is 12.3 Å². The number of nitrogens with two attached hydrogens (primary N) is 1. The van der Waals surface area contributed by atoms with E-state index in [-0.39, 0.29) is 5.91 Å². The molecule has 2 fully saturated rings. The van der Waals surface area contributed by atoms with E-state index < -0.39 is 0 Å². The van der Waals surface area contributed by atoms with Crippen molar-refractivity contribution < 1.29 is 4.79 Å². The second-order valence-corrected chi connectivity index (χ2v) is 5.82. The fourth-order valence-corrected chi connectivity index (χ4v) is 3.73. The van der Waals surface area contributed by atoms with Crippen LogP contribution in [0, 0.1) is 5.92 Å². The highest BCUT2D eigenvalue weighted by atomic mass is 16.2. The number of fused-ring (bicyclic) bond motifs is 1. The number of carbonyl (C=O) groups is 1. The van der Waals surface area contributed by atoms with E-state index in [4.69, 9.17) is 5.73 Å². The highest BCUT2D eigenvalue weighted by molar-refractivity contribution is 5.97. The third-order valence-electron chi connectivity index (χ3n) is 4.67. The highest BCUT2D eigenvalue weighted by Crippen LogP contribution is 2.36. The van der Waals surface area contributed by atoms with E-state index in [0.29, 0.717) is 23.3 Å². The smallest absolute Gasteiger partial charge is 0.274 e. The molecule has 3 rings (SSSR count). The lowest BCUT2D eigenvalue weighted by Gasteiger charge is -2.44. The van der Waals surface area contributed by atoms with Crippen LogP contribution in [0.4, 0.5) is 5.69 Å². The summed E-state index contributed by atoms with van der Waals surface area (Å²) in [5.41, 5.74) is 6.92. The van der Waals surface area contributed by atoms with Gasteiger partial charge in [-0.2, -0.15) is 5.10 Å². The van der Waals surface area contributed by atoms with E-state index in [1.807, 2.05) is 0 Å². The number of hydrogen-bond acceptors (Lipinski definition) is 3. The summed E-state index contributed by atoms with van der Waals surface area (Å²) in [6, 6.07) is 0.421. The van der Waals surface area contributed by atoms with Crippen LogP contribution >= 0.6 is 0 Å². The van der Waals surface area contributed by atoms with Gasteiger partial charge in [0, 0.05) is 19.6 Å². The zero-order chi connectivity index (χ0) is 13.4. The quantitative estimate of drug-likeness (QED) is 0.839. The van der Waals surface area contributed by atoms with Crippen LogP contribution < -0.4 is 5.73 Å². The van der Waals surface area contributed by atoms with Crippen LogP contribution in [-0.4, -0.2) is 33.2 Å². The molecular formula is C14H22N4O. The van der Waals surface area contributed by atoms with Crippen LogP contribution in [0.15, 0.2) is 6.20 Å². The molecule has 1 aliphatic carbocycles.